The molecule has 0 amide bonds. The van der Waals surface area contributed by atoms with Crippen LogP contribution in [-0.4, -0.2) is 51.3 Å². The van der Waals surface area contributed by atoms with E-state index in [0.717, 1.165) is 26.3 Å². The Labute approximate surface area is 116 Å². The molecule has 1 unspecified atom stereocenters. The predicted molar refractivity (Wildman–Crippen MR) is 73.8 cm³/mol. The van der Waals surface area contributed by atoms with Gasteiger partial charge in [-0.25, -0.2) is 0 Å². The molecule has 2 aliphatic rings. The molecule has 2 fully saturated rings. The first-order chi connectivity index (χ1) is 9.01. The first-order valence-electron chi connectivity index (χ1n) is 7.35. The molecular formula is C15H27NO3. The third-order valence-electron chi connectivity index (χ3n) is 5.01. The average Bonchev–Trinajstić information content (AvgIpc) is 2.33. The number of nitrogens with zero attached hydrogens (tertiary/aromatic N) is 1. The molecule has 2 rings (SSSR count). The van der Waals surface area contributed by atoms with Gasteiger partial charge in [0, 0.05) is 5.41 Å². The Bertz CT molecular complexity index is 317. The zero-order chi connectivity index (χ0) is 14.0. The molecule has 0 N–H and O–H groups in total. The van der Waals surface area contributed by atoms with Crippen molar-refractivity contribution in [3.8, 4) is 0 Å². The van der Waals surface area contributed by atoms with Crippen LogP contribution in [0, 0.1) is 23.2 Å². The van der Waals surface area contributed by atoms with E-state index in [4.69, 9.17) is 9.47 Å². The van der Waals surface area contributed by atoms with Gasteiger partial charge in [-0.2, -0.15) is 0 Å². The highest BCUT2D eigenvalue weighted by Gasteiger charge is 2.55. The lowest BCUT2D eigenvalue weighted by atomic mass is 9.59. The summed E-state index contributed by atoms with van der Waals surface area (Å²) >= 11 is 0. The minimum Gasteiger partial charge on any atom is -0.469 e. The molecule has 110 valence electrons. The summed E-state index contributed by atoms with van der Waals surface area (Å²) in [4.78, 5) is 14.6. The Hall–Kier alpha value is -0.610. The van der Waals surface area contributed by atoms with Crippen LogP contribution in [0.3, 0.4) is 0 Å². The minimum absolute atomic E-state index is 0.0164. The first kappa shape index (κ1) is 14.8. The molecule has 0 saturated carbocycles. The number of likely N-dealkylation sites (tertiary alicyclic amines) is 1. The van der Waals surface area contributed by atoms with Gasteiger partial charge in [0.25, 0.3) is 0 Å². The van der Waals surface area contributed by atoms with Gasteiger partial charge in [0.2, 0.25) is 0 Å². The molecule has 0 aromatic rings. The smallest absolute Gasteiger partial charge is 0.309 e. The minimum atomic E-state index is -0.0581. The van der Waals surface area contributed by atoms with Crippen molar-refractivity contribution in [1.82, 2.24) is 4.90 Å². The number of ether oxygens (including phenoxy) is 2. The number of piperidine rings is 1. The lowest BCUT2D eigenvalue weighted by molar-refractivity contribution is -0.207. The lowest BCUT2D eigenvalue weighted by Crippen LogP contribution is -2.59. The van der Waals surface area contributed by atoms with Crippen molar-refractivity contribution in [2.75, 3.05) is 40.5 Å². The van der Waals surface area contributed by atoms with Gasteiger partial charge in [0.1, 0.15) is 0 Å². The topological polar surface area (TPSA) is 38.8 Å². The van der Waals surface area contributed by atoms with Crippen molar-refractivity contribution in [2.45, 2.75) is 26.7 Å². The number of carbonyl (C=O) groups excluding carboxylic acids is 1. The van der Waals surface area contributed by atoms with Gasteiger partial charge in [-0.05, 0) is 44.8 Å². The first-order valence-corrected chi connectivity index (χ1v) is 7.35. The summed E-state index contributed by atoms with van der Waals surface area (Å²) in [5.74, 6) is 0.803. The molecule has 4 heteroatoms. The summed E-state index contributed by atoms with van der Waals surface area (Å²) in [7, 11) is 3.67. The molecule has 0 radical (unpaired) electrons. The molecule has 19 heavy (non-hydrogen) atoms. The van der Waals surface area contributed by atoms with E-state index in [-0.39, 0.29) is 17.3 Å². The Morgan fingerprint density at radius 2 is 1.89 bits per heavy atom. The number of hydrogen-bond acceptors (Lipinski definition) is 4. The monoisotopic (exact) mass is 269 g/mol. The maximum absolute atomic E-state index is 12.2. The number of methoxy groups -OCH3 is 1. The number of esters is 1. The standard InChI is InChI=1S/C15H27NO3/c1-11(2)13(14(17)18-4)15(9-19-10-15)12-5-7-16(3)8-6-12/h11-13H,5-10H2,1-4H3. The highest BCUT2D eigenvalue weighted by molar-refractivity contribution is 5.74. The van der Waals surface area contributed by atoms with Crippen LogP contribution in [0.1, 0.15) is 26.7 Å². The van der Waals surface area contributed by atoms with Crippen LogP contribution in [0.4, 0.5) is 0 Å². The summed E-state index contributed by atoms with van der Waals surface area (Å²) in [5.41, 5.74) is 0.0164. The van der Waals surface area contributed by atoms with Crippen LogP contribution in [0.25, 0.3) is 0 Å². The van der Waals surface area contributed by atoms with E-state index < -0.39 is 0 Å². The van der Waals surface area contributed by atoms with Crippen molar-refractivity contribution < 1.29 is 14.3 Å². The Morgan fingerprint density at radius 1 is 1.32 bits per heavy atom. The van der Waals surface area contributed by atoms with Crippen LogP contribution in [0.5, 0.6) is 0 Å². The molecule has 1 atom stereocenters. The van der Waals surface area contributed by atoms with Gasteiger partial charge in [0.05, 0.1) is 26.2 Å². The molecular weight excluding hydrogens is 242 g/mol. The normalized spacial score (nSPS) is 25.9. The van der Waals surface area contributed by atoms with Crippen LogP contribution in [-0.2, 0) is 14.3 Å². The lowest BCUT2D eigenvalue weighted by Gasteiger charge is -2.54. The van der Waals surface area contributed by atoms with Crippen molar-refractivity contribution >= 4 is 5.97 Å². The summed E-state index contributed by atoms with van der Waals surface area (Å²) < 4.78 is 10.6. The molecule has 0 spiro atoms. The maximum Gasteiger partial charge on any atom is 0.309 e. The van der Waals surface area contributed by atoms with E-state index in [1.807, 2.05) is 0 Å². The van der Waals surface area contributed by atoms with Crippen molar-refractivity contribution in [3.05, 3.63) is 0 Å². The van der Waals surface area contributed by atoms with E-state index in [2.05, 4.69) is 25.8 Å². The third kappa shape index (κ3) is 2.65. The SMILES string of the molecule is COC(=O)C(C(C)C)C1(C2CCN(C)CC2)COC1. The van der Waals surface area contributed by atoms with E-state index in [1.54, 1.807) is 0 Å². The van der Waals surface area contributed by atoms with Gasteiger partial charge < -0.3 is 14.4 Å². The molecule has 2 heterocycles. The van der Waals surface area contributed by atoms with Gasteiger partial charge >= 0.3 is 5.97 Å². The van der Waals surface area contributed by atoms with Gasteiger partial charge in [-0.15, -0.1) is 0 Å². The number of rotatable bonds is 4. The van der Waals surface area contributed by atoms with Crippen molar-refractivity contribution in [1.29, 1.82) is 0 Å². The Morgan fingerprint density at radius 3 is 2.26 bits per heavy atom. The Kier molecular flexibility index (Phi) is 4.51. The predicted octanol–water partition coefficient (Wildman–Crippen LogP) is 1.79. The fourth-order valence-corrected chi connectivity index (χ4v) is 3.89. The van der Waals surface area contributed by atoms with Crippen LogP contribution < -0.4 is 0 Å². The third-order valence-corrected chi connectivity index (χ3v) is 5.01. The van der Waals surface area contributed by atoms with Gasteiger partial charge in [0.15, 0.2) is 0 Å². The molecule has 2 aliphatic heterocycles. The molecule has 0 aromatic carbocycles. The van der Waals surface area contributed by atoms with Crippen molar-refractivity contribution in [2.24, 2.45) is 23.2 Å². The van der Waals surface area contributed by atoms with E-state index >= 15 is 0 Å². The van der Waals surface area contributed by atoms with Crippen LogP contribution in [0.2, 0.25) is 0 Å². The fourth-order valence-electron chi connectivity index (χ4n) is 3.89. The quantitative estimate of drug-likeness (QED) is 0.729. The second-order valence-electron chi connectivity index (χ2n) is 6.55. The van der Waals surface area contributed by atoms with Gasteiger partial charge in [-0.1, -0.05) is 13.8 Å². The highest BCUT2D eigenvalue weighted by Crippen LogP contribution is 2.50. The summed E-state index contributed by atoms with van der Waals surface area (Å²) in [6, 6.07) is 0. The molecule has 0 bridgehead atoms. The summed E-state index contributed by atoms with van der Waals surface area (Å²) in [5, 5.41) is 0. The fraction of sp³-hybridized carbons (Fsp3) is 0.933. The molecule has 0 aliphatic carbocycles. The van der Waals surface area contributed by atoms with Crippen LogP contribution in [0.15, 0.2) is 0 Å². The molecule has 4 nitrogen and oxygen atoms in total. The average molecular weight is 269 g/mol. The highest BCUT2D eigenvalue weighted by atomic mass is 16.5. The second kappa shape index (κ2) is 5.80. The largest absolute Gasteiger partial charge is 0.469 e. The Balaban J connectivity index is 2.18. The summed E-state index contributed by atoms with van der Waals surface area (Å²) in [6.07, 6.45) is 2.33. The number of carbonyl (C=O) groups is 1. The van der Waals surface area contributed by atoms with E-state index in [0.29, 0.717) is 11.8 Å². The zero-order valence-corrected chi connectivity index (χ0v) is 12.6. The van der Waals surface area contributed by atoms with E-state index in [1.165, 1.54) is 20.0 Å². The van der Waals surface area contributed by atoms with Gasteiger partial charge in [-0.3, -0.25) is 4.79 Å². The zero-order valence-electron chi connectivity index (χ0n) is 12.6. The molecule has 2 saturated heterocycles. The van der Waals surface area contributed by atoms with Crippen molar-refractivity contribution in [3.63, 3.8) is 0 Å². The van der Waals surface area contributed by atoms with E-state index in [9.17, 15) is 4.79 Å². The molecule has 0 aromatic heterocycles. The maximum atomic E-state index is 12.2. The summed E-state index contributed by atoms with van der Waals surface area (Å²) in [6.45, 7) is 7.93. The number of hydrogen-bond donors (Lipinski definition) is 0. The van der Waals surface area contributed by atoms with Crippen LogP contribution >= 0.6 is 0 Å². The second-order valence-corrected chi connectivity index (χ2v) is 6.55.